The highest BCUT2D eigenvalue weighted by Crippen LogP contribution is 2.26. The zero-order valence-electron chi connectivity index (χ0n) is 16.3. The van der Waals surface area contributed by atoms with Crippen LogP contribution < -0.4 is 5.32 Å². The van der Waals surface area contributed by atoms with Crippen LogP contribution in [0.5, 0.6) is 0 Å². The molecular formula is C23H25N3O2. The molecule has 2 aromatic carbocycles. The van der Waals surface area contributed by atoms with Crippen LogP contribution in [0.3, 0.4) is 0 Å². The average molecular weight is 375 g/mol. The maximum atomic E-state index is 13.5. The molecule has 1 aromatic heterocycles. The monoisotopic (exact) mass is 375 g/mol. The molecule has 0 aliphatic carbocycles. The van der Waals surface area contributed by atoms with E-state index in [1.807, 2.05) is 62.5 Å². The Morgan fingerprint density at radius 2 is 1.82 bits per heavy atom. The van der Waals surface area contributed by atoms with Gasteiger partial charge in [0.05, 0.1) is 5.56 Å². The van der Waals surface area contributed by atoms with Crippen molar-refractivity contribution < 1.29 is 9.59 Å². The van der Waals surface area contributed by atoms with E-state index in [9.17, 15) is 9.59 Å². The molecule has 0 radical (unpaired) electrons. The van der Waals surface area contributed by atoms with Crippen molar-refractivity contribution in [3.63, 3.8) is 0 Å². The number of fused-ring (bicyclic) bond motifs is 1. The Balaban J connectivity index is 1.74. The van der Waals surface area contributed by atoms with E-state index in [1.165, 1.54) is 5.56 Å². The molecule has 2 heterocycles. The fraction of sp³-hybridized carbons (Fsp3) is 0.304. The van der Waals surface area contributed by atoms with Crippen LogP contribution in [0.4, 0.5) is 0 Å². The predicted octanol–water partition coefficient (Wildman–Crippen LogP) is 3.29. The molecule has 0 spiro atoms. The van der Waals surface area contributed by atoms with Gasteiger partial charge >= 0.3 is 0 Å². The molecule has 28 heavy (non-hydrogen) atoms. The first kappa shape index (κ1) is 18.3. The molecule has 1 N–H and O–H groups in total. The summed E-state index contributed by atoms with van der Waals surface area (Å²) in [5, 5.41) is 3.81. The Morgan fingerprint density at radius 3 is 2.57 bits per heavy atom. The number of carbonyl (C=O) groups excluding carboxylic acids is 2. The van der Waals surface area contributed by atoms with E-state index < -0.39 is 6.04 Å². The zero-order chi connectivity index (χ0) is 19.7. The van der Waals surface area contributed by atoms with Gasteiger partial charge in [0.2, 0.25) is 5.91 Å². The van der Waals surface area contributed by atoms with Gasteiger partial charge in [-0.3, -0.25) is 9.59 Å². The Morgan fingerprint density at radius 1 is 1.11 bits per heavy atom. The maximum absolute atomic E-state index is 13.5. The Labute approximate surface area is 165 Å². The minimum absolute atomic E-state index is 0.0573. The summed E-state index contributed by atoms with van der Waals surface area (Å²) in [6.45, 7) is 5.69. The molecule has 4 rings (SSSR count). The van der Waals surface area contributed by atoms with Crippen LogP contribution in [-0.4, -0.2) is 40.4 Å². The SMILES string of the molecule is CC(C)C1C(=O)NCCN1C(=O)c1cn(Cc2ccccc2)c2ccccc12. The van der Waals surface area contributed by atoms with Crippen molar-refractivity contribution in [3.8, 4) is 0 Å². The van der Waals surface area contributed by atoms with Crippen LogP contribution in [-0.2, 0) is 11.3 Å². The van der Waals surface area contributed by atoms with Crippen LogP contribution in [0.1, 0.15) is 29.8 Å². The van der Waals surface area contributed by atoms with Gasteiger partial charge in [-0.2, -0.15) is 0 Å². The number of carbonyl (C=O) groups is 2. The standard InChI is InChI=1S/C23H25N3O2/c1-16(2)21-22(27)24-12-13-26(21)23(28)19-15-25(14-17-8-4-3-5-9-17)20-11-7-6-10-18(19)20/h3-11,15-16,21H,12-14H2,1-2H3,(H,24,27). The lowest BCUT2D eigenvalue weighted by atomic mass is 9.98. The Hall–Kier alpha value is -3.08. The molecule has 2 amide bonds. The summed E-state index contributed by atoms with van der Waals surface area (Å²) in [7, 11) is 0. The van der Waals surface area contributed by atoms with E-state index in [0.717, 1.165) is 10.9 Å². The number of piperazine rings is 1. The molecule has 3 aromatic rings. The van der Waals surface area contributed by atoms with Crippen LogP contribution in [0.2, 0.25) is 0 Å². The summed E-state index contributed by atoms with van der Waals surface area (Å²) >= 11 is 0. The fourth-order valence-corrected chi connectivity index (χ4v) is 4.06. The normalized spacial score (nSPS) is 17.2. The second kappa shape index (κ2) is 7.50. The van der Waals surface area contributed by atoms with Crippen LogP contribution in [0.15, 0.2) is 60.8 Å². The Kier molecular flexibility index (Phi) is 4.90. The van der Waals surface area contributed by atoms with Crippen molar-refractivity contribution >= 4 is 22.7 Å². The van der Waals surface area contributed by atoms with Crippen molar-refractivity contribution in [2.75, 3.05) is 13.1 Å². The third kappa shape index (κ3) is 3.28. The highest BCUT2D eigenvalue weighted by Gasteiger charge is 2.36. The number of para-hydroxylation sites is 1. The van der Waals surface area contributed by atoms with Crippen LogP contribution in [0.25, 0.3) is 10.9 Å². The quantitative estimate of drug-likeness (QED) is 0.761. The summed E-state index contributed by atoms with van der Waals surface area (Å²) in [6.07, 6.45) is 1.93. The van der Waals surface area contributed by atoms with Gasteiger partial charge < -0.3 is 14.8 Å². The molecule has 1 unspecified atom stereocenters. The van der Waals surface area contributed by atoms with Gasteiger partial charge in [0.1, 0.15) is 6.04 Å². The second-order valence-electron chi connectivity index (χ2n) is 7.65. The second-order valence-corrected chi connectivity index (χ2v) is 7.65. The van der Waals surface area contributed by atoms with Crippen LogP contribution >= 0.6 is 0 Å². The van der Waals surface area contributed by atoms with Crippen molar-refractivity contribution in [2.45, 2.75) is 26.4 Å². The predicted molar refractivity (Wildman–Crippen MR) is 110 cm³/mol. The number of nitrogens with one attached hydrogen (secondary N) is 1. The number of benzene rings is 2. The zero-order valence-corrected chi connectivity index (χ0v) is 16.3. The van der Waals surface area contributed by atoms with Crippen molar-refractivity contribution in [2.24, 2.45) is 5.92 Å². The van der Waals surface area contributed by atoms with Crippen molar-refractivity contribution in [3.05, 3.63) is 71.9 Å². The number of nitrogens with zero attached hydrogens (tertiary/aromatic N) is 2. The van der Waals surface area contributed by atoms with E-state index >= 15 is 0 Å². The molecule has 1 aliphatic heterocycles. The molecule has 5 nitrogen and oxygen atoms in total. The van der Waals surface area contributed by atoms with Crippen molar-refractivity contribution in [1.29, 1.82) is 0 Å². The van der Waals surface area contributed by atoms with Crippen molar-refractivity contribution in [1.82, 2.24) is 14.8 Å². The fourth-order valence-electron chi connectivity index (χ4n) is 4.06. The molecule has 1 saturated heterocycles. The molecule has 1 fully saturated rings. The van der Waals surface area contributed by atoms with Gasteiger partial charge in [-0.25, -0.2) is 0 Å². The summed E-state index contributed by atoms with van der Waals surface area (Å²) < 4.78 is 2.12. The molecule has 0 saturated carbocycles. The minimum Gasteiger partial charge on any atom is -0.353 e. The van der Waals surface area contributed by atoms with Crippen LogP contribution in [0, 0.1) is 5.92 Å². The summed E-state index contributed by atoms with van der Waals surface area (Å²) in [4.78, 5) is 27.6. The minimum atomic E-state index is -0.433. The first-order valence-electron chi connectivity index (χ1n) is 9.76. The maximum Gasteiger partial charge on any atom is 0.256 e. The molecule has 1 atom stereocenters. The molecule has 0 bridgehead atoms. The smallest absolute Gasteiger partial charge is 0.256 e. The number of hydrogen-bond acceptors (Lipinski definition) is 2. The average Bonchev–Trinajstić information content (AvgIpc) is 3.06. The number of aromatic nitrogens is 1. The molecule has 1 aliphatic rings. The highest BCUT2D eigenvalue weighted by molar-refractivity contribution is 6.08. The van der Waals surface area contributed by atoms with E-state index in [1.54, 1.807) is 4.90 Å². The van der Waals surface area contributed by atoms with Gasteiger partial charge in [-0.05, 0) is 17.5 Å². The van der Waals surface area contributed by atoms with E-state index in [4.69, 9.17) is 0 Å². The number of amides is 2. The number of hydrogen-bond donors (Lipinski definition) is 1. The van der Waals surface area contributed by atoms with Gasteiger partial charge in [-0.1, -0.05) is 62.4 Å². The largest absolute Gasteiger partial charge is 0.353 e. The van der Waals surface area contributed by atoms with Gasteiger partial charge in [0.15, 0.2) is 0 Å². The molecule has 5 heteroatoms. The van der Waals surface area contributed by atoms with E-state index in [-0.39, 0.29) is 17.7 Å². The first-order chi connectivity index (χ1) is 13.6. The van der Waals surface area contributed by atoms with Gasteiger partial charge in [0.25, 0.3) is 5.91 Å². The first-order valence-corrected chi connectivity index (χ1v) is 9.76. The van der Waals surface area contributed by atoms with Gasteiger partial charge in [0, 0.05) is 36.7 Å². The topological polar surface area (TPSA) is 54.3 Å². The third-order valence-corrected chi connectivity index (χ3v) is 5.36. The summed E-state index contributed by atoms with van der Waals surface area (Å²) in [5.74, 6) is -0.0823. The van der Waals surface area contributed by atoms with E-state index in [0.29, 0.717) is 25.2 Å². The summed E-state index contributed by atoms with van der Waals surface area (Å²) in [6, 6.07) is 17.7. The molecular weight excluding hydrogens is 350 g/mol. The lowest BCUT2D eigenvalue weighted by Gasteiger charge is -2.37. The lowest BCUT2D eigenvalue weighted by Crippen LogP contribution is -2.59. The Bertz CT molecular complexity index is 1010. The lowest BCUT2D eigenvalue weighted by molar-refractivity contribution is -0.129. The van der Waals surface area contributed by atoms with E-state index in [2.05, 4.69) is 22.0 Å². The molecule has 144 valence electrons. The highest BCUT2D eigenvalue weighted by atomic mass is 16.2. The third-order valence-electron chi connectivity index (χ3n) is 5.36. The number of rotatable bonds is 4. The van der Waals surface area contributed by atoms with Gasteiger partial charge in [-0.15, -0.1) is 0 Å². The summed E-state index contributed by atoms with van der Waals surface area (Å²) in [5.41, 5.74) is 2.86.